The van der Waals surface area contributed by atoms with Crippen LogP contribution in [0.5, 0.6) is 5.75 Å². The fourth-order valence-electron chi connectivity index (χ4n) is 1.47. The lowest BCUT2D eigenvalue weighted by molar-refractivity contribution is -0.385. The Morgan fingerprint density at radius 2 is 2.16 bits per heavy atom. The third-order valence-electron chi connectivity index (χ3n) is 2.52. The number of amides is 1. The first kappa shape index (κ1) is 13.1. The van der Waals surface area contributed by atoms with E-state index in [0.717, 1.165) is 34.9 Å². The molecule has 1 N–H and O–H groups in total. The number of amidine groups is 1. The third kappa shape index (κ3) is 2.43. The Labute approximate surface area is 112 Å². The highest BCUT2D eigenvalue weighted by Crippen LogP contribution is 2.32. The lowest BCUT2D eigenvalue weighted by Gasteiger charge is -2.09. The Balaban J connectivity index is 2.43. The van der Waals surface area contributed by atoms with Crippen molar-refractivity contribution < 1.29 is 14.8 Å². The van der Waals surface area contributed by atoms with E-state index in [2.05, 4.69) is 0 Å². The van der Waals surface area contributed by atoms with Gasteiger partial charge in [0.05, 0.1) is 9.83 Å². The van der Waals surface area contributed by atoms with Gasteiger partial charge in [-0.3, -0.25) is 25.2 Å². The molecule has 0 unspecified atom stereocenters. The quantitative estimate of drug-likeness (QED) is 0.495. The molecule has 7 nitrogen and oxygen atoms in total. The summed E-state index contributed by atoms with van der Waals surface area (Å²) in [4.78, 5) is 23.1. The molecule has 2 rings (SSSR count). The van der Waals surface area contributed by atoms with Crippen molar-refractivity contribution in [1.82, 2.24) is 4.90 Å². The van der Waals surface area contributed by atoms with Crippen LogP contribution in [0.1, 0.15) is 5.56 Å². The van der Waals surface area contributed by atoms with Gasteiger partial charge in [0, 0.05) is 19.2 Å². The fraction of sp³-hybridized carbons (Fsp3) is 0.0909. The second-order valence-electron chi connectivity index (χ2n) is 3.76. The molecule has 1 amide bonds. The highest BCUT2D eigenvalue weighted by atomic mass is 32.2. The summed E-state index contributed by atoms with van der Waals surface area (Å²) in [5.41, 5.74) is -0.154. The summed E-state index contributed by atoms with van der Waals surface area (Å²) >= 11 is 0.912. The summed E-state index contributed by atoms with van der Waals surface area (Å²) in [5, 5.41) is 29.8. The molecule has 1 aliphatic heterocycles. The van der Waals surface area contributed by atoms with E-state index >= 15 is 0 Å². The number of likely N-dealkylation sites (N-methyl/N-ethyl adjacent to an activating group) is 1. The van der Waals surface area contributed by atoms with Crippen LogP contribution >= 0.6 is 11.8 Å². The fourth-order valence-corrected chi connectivity index (χ4v) is 2.31. The molecule has 1 saturated heterocycles. The van der Waals surface area contributed by atoms with Gasteiger partial charge in [0.25, 0.3) is 11.6 Å². The van der Waals surface area contributed by atoms with Crippen LogP contribution in [0.25, 0.3) is 6.08 Å². The van der Waals surface area contributed by atoms with Gasteiger partial charge in [0.1, 0.15) is 0 Å². The molecule has 0 saturated carbocycles. The van der Waals surface area contributed by atoms with Crippen LogP contribution in [0.4, 0.5) is 5.69 Å². The first-order valence-corrected chi connectivity index (χ1v) is 5.93. The number of hydrogen-bond donors (Lipinski definition) is 1. The Morgan fingerprint density at radius 3 is 2.68 bits per heavy atom. The van der Waals surface area contributed by atoms with Gasteiger partial charge in [-0.05, 0) is 23.4 Å². The van der Waals surface area contributed by atoms with E-state index in [4.69, 9.17) is 5.41 Å². The Bertz CT molecular complexity index is 626. The zero-order valence-electron chi connectivity index (χ0n) is 9.75. The maximum atomic E-state index is 11.7. The van der Waals surface area contributed by atoms with Gasteiger partial charge in [-0.2, -0.15) is 0 Å². The van der Waals surface area contributed by atoms with E-state index in [1.165, 1.54) is 13.1 Å². The first-order valence-electron chi connectivity index (χ1n) is 5.12. The lowest BCUT2D eigenvalue weighted by atomic mass is 10.1. The minimum absolute atomic E-state index is 0.0501. The molecule has 1 aliphatic rings. The molecule has 1 aromatic rings. The van der Waals surface area contributed by atoms with Crippen molar-refractivity contribution in [2.75, 3.05) is 7.05 Å². The highest BCUT2D eigenvalue weighted by molar-refractivity contribution is 8.18. The van der Waals surface area contributed by atoms with Crippen molar-refractivity contribution in [1.29, 1.82) is 5.41 Å². The summed E-state index contributed by atoms with van der Waals surface area (Å²) in [6.45, 7) is 0. The Morgan fingerprint density at radius 1 is 1.47 bits per heavy atom. The summed E-state index contributed by atoms with van der Waals surface area (Å²) in [7, 11) is 1.45. The molecule has 19 heavy (non-hydrogen) atoms. The minimum Gasteiger partial charge on any atom is -0.872 e. The number of nitro benzene ring substituents is 1. The SMILES string of the molecule is CN1C(=N)S/C(=C\c2cc([N+](=O)[O-])ccc2[O-])C1=O. The normalized spacial score (nSPS) is 17.3. The molecule has 0 aromatic heterocycles. The van der Waals surface area contributed by atoms with Crippen molar-refractivity contribution in [2.24, 2.45) is 0 Å². The molecule has 0 bridgehead atoms. The van der Waals surface area contributed by atoms with Crippen molar-refractivity contribution in [3.63, 3.8) is 0 Å². The predicted molar refractivity (Wildman–Crippen MR) is 68.6 cm³/mol. The zero-order chi connectivity index (χ0) is 14.2. The van der Waals surface area contributed by atoms with Gasteiger partial charge < -0.3 is 5.11 Å². The number of carbonyl (C=O) groups is 1. The molecule has 0 aliphatic carbocycles. The second-order valence-corrected chi connectivity index (χ2v) is 4.79. The number of rotatable bonds is 2. The van der Waals surface area contributed by atoms with Crippen molar-refractivity contribution in [3.05, 3.63) is 38.8 Å². The average molecular weight is 278 g/mol. The molecule has 1 heterocycles. The van der Waals surface area contributed by atoms with Crippen molar-refractivity contribution in [3.8, 4) is 5.75 Å². The summed E-state index contributed by atoms with van der Waals surface area (Å²) in [5.74, 6) is -0.812. The molecule has 8 heteroatoms. The average Bonchev–Trinajstić information content (AvgIpc) is 2.59. The Hall–Kier alpha value is -2.35. The number of carbonyl (C=O) groups excluding carboxylic acids is 1. The van der Waals surface area contributed by atoms with Gasteiger partial charge >= 0.3 is 0 Å². The standard InChI is InChI=1S/C11H9N3O4S/c1-13-10(16)9(19-11(13)12)5-6-4-7(14(17)18)2-3-8(6)15/h2-5,12,15H,1H3/p-1/b9-5-,12-11?. The summed E-state index contributed by atoms with van der Waals surface area (Å²) in [6, 6.07) is 3.32. The van der Waals surface area contributed by atoms with Gasteiger partial charge in [0.2, 0.25) is 0 Å². The van der Waals surface area contributed by atoms with Crippen LogP contribution in [0.3, 0.4) is 0 Å². The first-order chi connectivity index (χ1) is 8.90. The number of nitro groups is 1. The number of hydrogen-bond acceptors (Lipinski definition) is 6. The molecule has 0 atom stereocenters. The smallest absolute Gasteiger partial charge is 0.269 e. The lowest BCUT2D eigenvalue weighted by Crippen LogP contribution is -2.22. The van der Waals surface area contributed by atoms with Gasteiger partial charge in [-0.15, -0.1) is 5.75 Å². The van der Waals surface area contributed by atoms with Gasteiger partial charge in [-0.1, -0.05) is 6.07 Å². The van der Waals surface area contributed by atoms with E-state index in [1.54, 1.807) is 0 Å². The van der Waals surface area contributed by atoms with Crippen molar-refractivity contribution in [2.45, 2.75) is 0 Å². The van der Waals surface area contributed by atoms with Crippen LogP contribution < -0.4 is 5.11 Å². The van der Waals surface area contributed by atoms with Gasteiger partial charge in [0.15, 0.2) is 5.17 Å². The van der Waals surface area contributed by atoms with Crippen LogP contribution in [0, 0.1) is 15.5 Å². The number of nitrogens with one attached hydrogen (secondary N) is 1. The van der Waals surface area contributed by atoms with E-state index in [1.807, 2.05) is 0 Å². The zero-order valence-corrected chi connectivity index (χ0v) is 10.6. The molecule has 0 radical (unpaired) electrons. The van der Waals surface area contributed by atoms with E-state index in [9.17, 15) is 20.0 Å². The summed E-state index contributed by atoms with van der Waals surface area (Å²) in [6.07, 6.45) is 1.28. The third-order valence-corrected chi connectivity index (χ3v) is 3.50. The number of nitrogens with zero attached hydrogens (tertiary/aromatic N) is 2. The maximum Gasteiger partial charge on any atom is 0.269 e. The monoisotopic (exact) mass is 278 g/mol. The van der Waals surface area contributed by atoms with E-state index in [0.29, 0.717) is 0 Å². The molecule has 0 spiro atoms. The van der Waals surface area contributed by atoms with Crippen LogP contribution in [0.2, 0.25) is 0 Å². The summed E-state index contributed by atoms with van der Waals surface area (Å²) < 4.78 is 0. The highest BCUT2D eigenvalue weighted by Gasteiger charge is 2.28. The van der Waals surface area contributed by atoms with E-state index < -0.39 is 16.6 Å². The molecular weight excluding hydrogens is 270 g/mol. The largest absolute Gasteiger partial charge is 0.872 e. The van der Waals surface area contributed by atoms with Crippen LogP contribution in [-0.4, -0.2) is 27.9 Å². The number of benzene rings is 1. The Kier molecular flexibility index (Phi) is 3.26. The number of thioether (sulfide) groups is 1. The molecule has 1 fully saturated rings. The minimum atomic E-state index is -0.612. The van der Waals surface area contributed by atoms with Crippen molar-refractivity contribution >= 4 is 34.6 Å². The van der Waals surface area contributed by atoms with E-state index in [-0.39, 0.29) is 21.3 Å². The molecule has 1 aromatic carbocycles. The second kappa shape index (κ2) is 4.73. The van der Waals surface area contributed by atoms with Crippen LogP contribution in [0.15, 0.2) is 23.1 Å². The molecular formula is C11H8N3O4S-. The predicted octanol–water partition coefficient (Wildman–Crippen LogP) is 1.15. The number of non-ortho nitro benzene ring substituents is 1. The maximum absolute atomic E-state index is 11.7. The van der Waals surface area contributed by atoms with Gasteiger partial charge in [-0.25, -0.2) is 0 Å². The molecule has 98 valence electrons. The van der Waals surface area contributed by atoms with Crippen LogP contribution in [-0.2, 0) is 4.79 Å². The topological polar surface area (TPSA) is 110 Å².